The lowest BCUT2D eigenvalue weighted by atomic mass is 9.99. The molecule has 6 nitrogen and oxygen atoms in total. The number of likely N-dealkylation sites (tertiary alicyclic amines) is 1. The second-order valence-corrected chi connectivity index (χ2v) is 9.41. The van der Waals surface area contributed by atoms with Crippen molar-refractivity contribution in [3.8, 4) is 6.19 Å². The predicted molar refractivity (Wildman–Crippen MR) is 131 cm³/mol. The highest BCUT2D eigenvalue weighted by Crippen LogP contribution is 2.34. The van der Waals surface area contributed by atoms with E-state index in [0.717, 1.165) is 43.6 Å². The Bertz CT molecular complexity index is 1200. The fourth-order valence-corrected chi connectivity index (χ4v) is 4.52. The molecule has 4 rings (SSSR count). The topological polar surface area (TPSA) is 67.0 Å². The van der Waals surface area contributed by atoms with E-state index in [1.54, 1.807) is 18.2 Å². The van der Waals surface area contributed by atoms with Crippen molar-refractivity contribution in [3.63, 3.8) is 0 Å². The minimum atomic E-state index is -4.51. The Morgan fingerprint density at radius 3 is 2.57 bits per heavy atom. The molecule has 35 heavy (non-hydrogen) atoms. The summed E-state index contributed by atoms with van der Waals surface area (Å²) in [6, 6.07) is 8.72. The molecular weight excluding hydrogens is 500 g/mol. The highest BCUT2D eigenvalue weighted by Gasteiger charge is 2.32. The van der Waals surface area contributed by atoms with Gasteiger partial charge in [-0.05, 0) is 61.3 Å². The second kappa shape index (κ2) is 10.4. The molecule has 0 bridgehead atoms. The molecule has 1 atom stereocenters. The third-order valence-corrected chi connectivity index (χ3v) is 6.74. The lowest BCUT2D eigenvalue weighted by Crippen LogP contribution is -2.35. The molecule has 1 unspecified atom stereocenters. The molecule has 1 saturated heterocycles. The maximum absolute atomic E-state index is 13.5. The van der Waals surface area contributed by atoms with Gasteiger partial charge in [-0.15, -0.1) is 0 Å². The second-order valence-electron chi connectivity index (χ2n) is 8.59. The van der Waals surface area contributed by atoms with Crippen LogP contribution in [0.3, 0.4) is 0 Å². The third kappa shape index (κ3) is 5.89. The van der Waals surface area contributed by atoms with Crippen LogP contribution in [0.4, 0.5) is 18.9 Å². The Morgan fingerprint density at radius 2 is 1.91 bits per heavy atom. The van der Waals surface area contributed by atoms with E-state index in [1.165, 1.54) is 11.1 Å². The summed E-state index contributed by atoms with van der Waals surface area (Å²) in [5.41, 5.74) is 1.47. The molecule has 0 aromatic heterocycles. The number of benzene rings is 2. The number of alkyl halides is 3. The van der Waals surface area contributed by atoms with Gasteiger partial charge in [0.1, 0.15) is 0 Å². The largest absolute Gasteiger partial charge is 0.416 e. The summed E-state index contributed by atoms with van der Waals surface area (Å²) >= 11 is 12.2. The summed E-state index contributed by atoms with van der Waals surface area (Å²) in [7, 11) is 0. The van der Waals surface area contributed by atoms with E-state index in [2.05, 4.69) is 20.3 Å². The van der Waals surface area contributed by atoms with Crippen LogP contribution in [0.5, 0.6) is 0 Å². The number of guanidine groups is 1. The van der Waals surface area contributed by atoms with E-state index in [-0.39, 0.29) is 17.6 Å². The summed E-state index contributed by atoms with van der Waals surface area (Å²) in [4.78, 5) is 6.65. The number of hydrazone groups is 1. The molecule has 0 amide bonds. The summed E-state index contributed by atoms with van der Waals surface area (Å²) in [5, 5.41) is 18.7. The number of halogens is 5. The Kier molecular flexibility index (Phi) is 7.55. The average molecular weight is 523 g/mol. The highest BCUT2D eigenvalue weighted by atomic mass is 35.5. The van der Waals surface area contributed by atoms with E-state index in [9.17, 15) is 18.4 Å². The van der Waals surface area contributed by atoms with Crippen LogP contribution in [0.2, 0.25) is 10.0 Å². The minimum absolute atomic E-state index is 0.0522. The van der Waals surface area contributed by atoms with Gasteiger partial charge >= 0.3 is 6.18 Å². The molecule has 2 aromatic rings. The van der Waals surface area contributed by atoms with Crippen LogP contribution in [-0.2, 0) is 12.7 Å². The number of nitriles is 1. The first kappa shape index (κ1) is 25.3. The molecule has 184 valence electrons. The molecule has 1 fully saturated rings. The van der Waals surface area contributed by atoms with E-state index in [4.69, 9.17) is 23.2 Å². The van der Waals surface area contributed by atoms with Crippen molar-refractivity contribution in [1.29, 1.82) is 5.26 Å². The molecule has 0 spiro atoms. The third-order valence-electron chi connectivity index (χ3n) is 6.00. The SMILES string of the molecule is CC1CN(C(=Nc2cc(C(F)(F)F)ccc2CN2CCCC2)NC#N)N=C1c1ccc(Cl)c(Cl)c1. The number of aliphatic imine (C=N–C) groups is 1. The summed E-state index contributed by atoms with van der Waals surface area (Å²) in [6.45, 7) is 4.58. The molecule has 2 heterocycles. The highest BCUT2D eigenvalue weighted by molar-refractivity contribution is 6.42. The molecule has 2 aromatic carbocycles. The minimum Gasteiger partial charge on any atom is -0.299 e. The van der Waals surface area contributed by atoms with Crippen LogP contribution < -0.4 is 5.32 Å². The first-order valence-corrected chi connectivity index (χ1v) is 11.9. The first-order chi connectivity index (χ1) is 16.7. The van der Waals surface area contributed by atoms with Gasteiger partial charge in [-0.2, -0.15) is 23.5 Å². The van der Waals surface area contributed by atoms with Crippen LogP contribution >= 0.6 is 23.2 Å². The van der Waals surface area contributed by atoms with Crippen molar-refractivity contribution in [1.82, 2.24) is 15.2 Å². The number of nitrogens with one attached hydrogen (secondary N) is 1. The van der Waals surface area contributed by atoms with Gasteiger partial charge in [0.2, 0.25) is 5.96 Å². The van der Waals surface area contributed by atoms with E-state index in [1.807, 2.05) is 13.1 Å². The van der Waals surface area contributed by atoms with Crippen molar-refractivity contribution < 1.29 is 13.2 Å². The zero-order valence-electron chi connectivity index (χ0n) is 18.9. The van der Waals surface area contributed by atoms with Crippen molar-refractivity contribution in [2.75, 3.05) is 19.6 Å². The van der Waals surface area contributed by atoms with Gasteiger partial charge in [-0.1, -0.05) is 42.3 Å². The van der Waals surface area contributed by atoms with E-state index in [0.29, 0.717) is 34.4 Å². The lowest BCUT2D eigenvalue weighted by molar-refractivity contribution is -0.137. The summed E-state index contributed by atoms with van der Waals surface area (Å²) in [6.07, 6.45) is -0.580. The molecular formula is C24H23Cl2F3N6. The van der Waals surface area contributed by atoms with Gasteiger partial charge in [-0.25, -0.2) is 10.0 Å². The molecule has 1 N–H and O–H groups in total. The lowest BCUT2D eigenvalue weighted by Gasteiger charge is -2.19. The zero-order valence-corrected chi connectivity index (χ0v) is 20.4. The van der Waals surface area contributed by atoms with Crippen LogP contribution in [-0.4, -0.2) is 41.2 Å². The van der Waals surface area contributed by atoms with Gasteiger partial charge in [0.25, 0.3) is 0 Å². The number of hydrogen-bond acceptors (Lipinski definition) is 4. The standard InChI is InChI=1S/C24H23Cl2F3N6/c1-15-12-35(33-22(15)16-5-7-19(25)20(26)10-16)23(31-14-30)32-21-11-18(24(27,28)29)6-4-17(21)13-34-8-2-3-9-34/h4-7,10-11,15H,2-3,8-9,12-13H2,1H3,(H,31,32). The Morgan fingerprint density at radius 1 is 1.17 bits per heavy atom. The fraction of sp³-hybridized carbons (Fsp3) is 0.375. The molecule has 2 aliphatic heterocycles. The molecule has 11 heteroatoms. The van der Waals surface area contributed by atoms with E-state index < -0.39 is 11.7 Å². The van der Waals surface area contributed by atoms with Gasteiger partial charge in [0.05, 0.1) is 33.6 Å². The Labute approximate surface area is 211 Å². The van der Waals surface area contributed by atoms with Crippen LogP contribution in [0, 0.1) is 17.4 Å². The van der Waals surface area contributed by atoms with Gasteiger partial charge < -0.3 is 0 Å². The van der Waals surface area contributed by atoms with E-state index >= 15 is 0 Å². The average Bonchev–Trinajstić information content (AvgIpc) is 3.45. The number of rotatable bonds is 4. The van der Waals surface area contributed by atoms with Gasteiger partial charge in [-0.3, -0.25) is 10.2 Å². The number of nitrogens with zero attached hydrogens (tertiary/aromatic N) is 5. The quantitative estimate of drug-likeness (QED) is 0.230. The van der Waals surface area contributed by atoms with Gasteiger partial charge in [0, 0.05) is 12.5 Å². The fourth-order valence-electron chi connectivity index (χ4n) is 4.22. The van der Waals surface area contributed by atoms with Crippen LogP contribution in [0.25, 0.3) is 0 Å². The predicted octanol–water partition coefficient (Wildman–Crippen LogP) is 6.02. The van der Waals surface area contributed by atoms with Crippen molar-refractivity contribution in [2.45, 2.75) is 32.5 Å². The van der Waals surface area contributed by atoms with Crippen LogP contribution in [0.15, 0.2) is 46.5 Å². The monoisotopic (exact) mass is 522 g/mol. The summed E-state index contributed by atoms with van der Waals surface area (Å²) in [5.74, 6) is -0.0000725. The molecule has 2 aliphatic rings. The summed E-state index contributed by atoms with van der Waals surface area (Å²) < 4.78 is 40.4. The van der Waals surface area contributed by atoms with Crippen molar-refractivity contribution in [3.05, 3.63) is 63.1 Å². The van der Waals surface area contributed by atoms with Gasteiger partial charge in [0.15, 0.2) is 6.19 Å². The molecule has 0 aliphatic carbocycles. The first-order valence-electron chi connectivity index (χ1n) is 11.1. The van der Waals surface area contributed by atoms with Crippen molar-refractivity contribution in [2.24, 2.45) is 16.0 Å². The van der Waals surface area contributed by atoms with Crippen LogP contribution in [0.1, 0.15) is 36.5 Å². The zero-order chi connectivity index (χ0) is 25.2. The normalized spacial score (nSPS) is 19.1. The maximum atomic E-state index is 13.5. The number of hydrogen-bond donors (Lipinski definition) is 1. The smallest absolute Gasteiger partial charge is 0.299 e. The molecule has 0 saturated carbocycles. The maximum Gasteiger partial charge on any atom is 0.416 e. The Hall–Kier alpha value is -2.80. The molecule has 0 radical (unpaired) electrons. The Balaban J connectivity index is 1.72. The van der Waals surface area contributed by atoms with Crippen molar-refractivity contribution >= 4 is 40.6 Å².